The maximum absolute atomic E-state index is 11.7. The highest BCUT2D eigenvalue weighted by atomic mass is 16.4. The lowest BCUT2D eigenvalue weighted by molar-refractivity contribution is -0.149. The fraction of sp³-hybridized carbons (Fsp3) is 0.917. The topological polar surface area (TPSA) is 130 Å². The van der Waals surface area contributed by atoms with Crippen molar-refractivity contribution in [3.63, 3.8) is 0 Å². The molecule has 7 heteroatoms. The quantitative estimate of drug-likeness (QED) is 0.329. The molecular weight excluding hydrogens is 254 g/mol. The molecule has 1 amide bonds. The van der Waals surface area contributed by atoms with Gasteiger partial charge in [0.25, 0.3) is 5.91 Å². The largest absolute Gasteiger partial charge is 0.394 e. The van der Waals surface area contributed by atoms with Gasteiger partial charge in [-0.15, -0.1) is 0 Å². The van der Waals surface area contributed by atoms with E-state index in [9.17, 15) is 20.1 Å². The first kappa shape index (κ1) is 16.3. The van der Waals surface area contributed by atoms with E-state index in [0.717, 1.165) is 32.1 Å². The van der Waals surface area contributed by atoms with Gasteiger partial charge in [-0.2, -0.15) is 0 Å². The molecule has 19 heavy (non-hydrogen) atoms. The van der Waals surface area contributed by atoms with Gasteiger partial charge in [-0.3, -0.25) is 4.79 Å². The van der Waals surface area contributed by atoms with E-state index in [0.29, 0.717) is 0 Å². The van der Waals surface area contributed by atoms with Crippen molar-refractivity contribution in [3.05, 3.63) is 0 Å². The monoisotopic (exact) mass is 277 g/mol. The van der Waals surface area contributed by atoms with Gasteiger partial charge in [-0.1, -0.05) is 19.3 Å². The zero-order valence-corrected chi connectivity index (χ0v) is 10.8. The summed E-state index contributed by atoms with van der Waals surface area (Å²) < 4.78 is 0. The van der Waals surface area contributed by atoms with Crippen molar-refractivity contribution in [1.29, 1.82) is 0 Å². The summed E-state index contributed by atoms with van der Waals surface area (Å²) in [6, 6.07) is -0.0250. The Kier molecular flexibility index (Phi) is 6.67. The number of carbonyl (C=O) groups excluding carboxylic acids is 1. The number of hydrogen-bond donors (Lipinski definition) is 6. The number of hydrogen-bond acceptors (Lipinski definition) is 6. The third-order valence-electron chi connectivity index (χ3n) is 3.47. The normalized spacial score (nSPS) is 23.4. The van der Waals surface area contributed by atoms with Crippen LogP contribution < -0.4 is 5.32 Å². The first-order valence-electron chi connectivity index (χ1n) is 6.61. The van der Waals surface area contributed by atoms with E-state index in [4.69, 9.17) is 10.2 Å². The Hall–Kier alpha value is -0.730. The SMILES string of the molecule is O=C(NC1CCCCC1)[C@@H](O)[C@H](O)[C@H](O)[C@H](O)CO. The molecule has 1 saturated carbocycles. The fourth-order valence-electron chi connectivity index (χ4n) is 2.21. The van der Waals surface area contributed by atoms with Crippen LogP contribution in [0.3, 0.4) is 0 Å². The molecule has 0 spiro atoms. The molecule has 0 saturated heterocycles. The lowest BCUT2D eigenvalue weighted by atomic mass is 9.95. The maximum atomic E-state index is 11.7. The van der Waals surface area contributed by atoms with E-state index in [1.807, 2.05) is 0 Å². The van der Waals surface area contributed by atoms with Gasteiger partial charge < -0.3 is 30.8 Å². The number of aliphatic hydroxyl groups excluding tert-OH is 5. The number of rotatable bonds is 6. The second-order valence-electron chi connectivity index (χ2n) is 5.02. The molecule has 1 aliphatic rings. The van der Waals surface area contributed by atoms with Crippen molar-refractivity contribution in [3.8, 4) is 0 Å². The van der Waals surface area contributed by atoms with Crippen molar-refractivity contribution in [2.75, 3.05) is 6.61 Å². The average molecular weight is 277 g/mol. The Labute approximate surface area is 111 Å². The number of carbonyl (C=O) groups is 1. The molecule has 7 nitrogen and oxygen atoms in total. The fourth-order valence-corrected chi connectivity index (χ4v) is 2.21. The molecule has 0 aliphatic heterocycles. The summed E-state index contributed by atoms with van der Waals surface area (Å²) in [7, 11) is 0. The van der Waals surface area contributed by atoms with Gasteiger partial charge in [0.05, 0.1) is 6.61 Å². The summed E-state index contributed by atoms with van der Waals surface area (Å²) in [6.45, 7) is -0.769. The molecule has 0 unspecified atom stereocenters. The van der Waals surface area contributed by atoms with Crippen LogP contribution in [0.1, 0.15) is 32.1 Å². The van der Waals surface area contributed by atoms with Crippen LogP contribution in [0.15, 0.2) is 0 Å². The summed E-state index contributed by atoms with van der Waals surface area (Å²) in [6.07, 6.45) is -2.26. The molecule has 0 bridgehead atoms. The number of aliphatic hydroxyl groups is 5. The molecule has 0 radical (unpaired) electrons. The summed E-state index contributed by atoms with van der Waals surface area (Å²) in [5, 5.41) is 49.0. The van der Waals surface area contributed by atoms with E-state index in [-0.39, 0.29) is 6.04 Å². The molecular formula is C12H23NO6. The Balaban J connectivity index is 2.46. The smallest absolute Gasteiger partial charge is 0.251 e. The summed E-state index contributed by atoms with van der Waals surface area (Å²) in [5.74, 6) is -0.774. The third-order valence-corrected chi connectivity index (χ3v) is 3.47. The van der Waals surface area contributed by atoms with E-state index >= 15 is 0 Å². The lowest BCUT2D eigenvalue weighted by Gasteiger charge is -2.28. The Morgan fingerprint density at radius 3 is 2.16 bits per heavy atom. The molecule has 0 aromatic rings. The van der Waals surface area contributed by atoms with Gasteiger partial charge in [0.15, 0.2) is 6.10 Å². The van der Waals surface area contributed by atoms with Crippen LogP contribution in [-0.2, 0) is 4.79 Å². The van der Waals surface area contributed by atoms with Gasteiger partial charge in [0.1, 0.15) is 18.3 Å². The maximum Gasteiger partial charge on any atom is 0.251 e. The van der Waals surface area contributed by atoms with Crippen LogP contribution in [0.25, 0.3) is 0 Å². The summed E-state index contributed by atoms with van der Waals surface area (Å²) >= 11 is 0. The number of nitrogens with one attached hydrogen (secondary N) is 1. The highest BCUT2D eigenvalue weighted by Crippen LogP contribution is 2.17. The number of amides is 1. The Morgan fingerprint density at radius 1 is 1.05 bits per heavy atom. The van der Waals surface area contributed by atoms with Crippen LogP contribution in [0.5, 0.6) is 0 Å². The van der Waals surface area contributed by atoms with Crippen molar-refractivity contribution in [2.45, 2.75) is 62.6 Å². The van der Waals surface area contributed by atoms with Gasteiger partial charge in [-0.25, -0.2) is 0 Å². The second kappa shape index (κ2) is 7.76. The van der Waals surface area contributed by atoms with Crippen molar-refractivity contribution >= 4 is 5.91 Å². The van der Waals surface area contributed by atoms with E-state index in [1.165, 1.54) is 0 Å². The van der Waals surface area contributed by atoms with E-state index in [2.05, 4.69) is 5.32 Å². The minimum Gasteiger partial charge on any atom is -0.394 e. The van der Waals surface area contributed by atoms with Gasteiger partial charge >= 0.3 is 0 Å². The molecule has 1 fully saturated rings. The van der Waals surface area contributed by atoms with Gasteiger partial charge in [0.2, 0.25) is 0 Å². The first-order valence-corrected chi connectivity index (χ1v) is 6.61. The third kappa shape index (κ3) is 4.70. The predicted octanol–water partition coefficient (Wildman–Crippen LogP) is -2.13. The molecule has 6 N–H and O–H groups in total. The van der Waals surface area contributed by atoms with Gasteiger partial charge in [-0.05, 0) is 12.8 Å². The van der Waals surface area contributed by atoms with Crippen LogP contribution in [-0.4, -0.2) is 68.5 Å². The van der Waals surface area contributed by atoms with Crippen molar-refractivity contribution < 1.29 is 30.3 Å². The Bertz CT molecular complexity index is 281. The first-order chi connectivity index (χ1) is 8.97. The minimum absolute atomic E-state index is 0.0250. The van der Waals surface area contributed by atoms with Crippen LogP contribution >= 0.6 is 0 Å². The Morgan fingerprint density at radius 2 is 1.63 bits per heavy atom. The molecule has 0 aromatic heterocycles. The van der Waals surface area contributed by atoms with Crippen molar-refractivity contribution in [1.82, 2.24) is 5.32 Å². The average Bonchev–Trinajstić information content (AvgIpc) is 2.44. The zero-order chi connectivity index (χ0) is 14.4. The lowest BCUT2D eigenvalue weighted by Crippen LogP contribution is -2.53. The second-order valence-corrected chi connectivity index (χ2v) is 5.02. The van der Waals surface area contributed by atoms with Crippen LogP contribution in [0, 0.1) is 0 Å². The summed E-state index contributed by atoms with van der Waals surface area (Å²) in [5.41, 5.74) is 0. The molecule has 1 aliphatic carbocycles. The van der Waals surface area contributed by atoms with E-state index in [1.54, 1.807) is 0 Å². The molecule has 1 rings (SSSR count). The molecule has 4 atom stereocenters. The highest BCUT2D eigenvalue weighted by molar-refractivity contribution is 5.81. The van der Waals surface area contributed by atoms with Gasteiger partial charge in [0, 0.05) is 6.04 Å². The van der Waals surface area contributed by atoms with E-state index < -0.39 is 36.9 Å². The standard InChI is InChI=1S/C12H23NO6/c14-6-8(15)9(16)10(17)11(18)12(19)13-7-4-2-1-3-5-7/h7-11,14-18H,1-6H2,(H,13,19)/t8-,9-,10-,11+/m1/s1. The summed E-state index contributed by atoms with van der Waals surface area (Å²) in [4.78, 5) is 11.7. The molecule has 112 valence electrons. The van der Waals surface area contributed by atoms with Crippen LogP contribution in [0.2, 0.25) is 0 Å². The zero-order valence-electron chi connectivity index (χ0n) is 10.8. The highest BCUT2D eigenvalue weighted by Gasteiger charge is 2.34. The molecule has 0 aromatic carbocycles. The van der Waals surface area contributed by atoms with Crippen LogP contribution in [0.4, 0.5) is 0 Å². The van der Waals surface area contributed by atoms with Crippen molar-refractivity contribution in [2.24, 2.45) is 0 Å². The molecule has 0 heterocycles. The minimum atomic E-state index is -1.84. The predicted molar refractivity (Wildman–Crippen MR) is 66.1 cm³/mol.